The molecule has 0 aliphatic carbocycles. The molecule has 3 heteroatoms. The molecule has 0 N–H and O–H groups in total. The lowest BCUT2D eigenvalue weighted by Gasteiger charge is -2.26. The molecule has 1 aliphatic heterocycles. The molecule has 3 aromatic carbocycles. The van der Waals surface area contributed by atoms with E-state index < -0.39 is 7.26 Å². The smallest absolute Gasteiger partial charge is 0.140 e. The number of ether oxygens (including phenoxy) is 1. The number of hydrogen-bond acceptors (Lipinski definition) is 1. The fourth-order valence-electron chi connectivity index (χ4n) is 4.01. The van der Waals surface area contributed by atoms with E-state index in [9.17, 15) is 0 Å². The standard InChI is InChI=1S/C27H30OP.ClH/c1-21-7-13-25(14-8-21)29(20-24-6-4-5-19-28-24,26-15-9-22(2)10-16-26)27-17-11-23(3)12-18-27;/h7-18,20H,4-6,19H2,1-3H3;1H/q+1;/p-1. The van der Waals surface area contributed by atoms with E-state index in [1.54, 1.807) is 0 Å². The molecule has 30 heavy (non-hydrogen) atoms. The van der Waals surface area contributed by atoms with Gasteiger partial charge in [0.1, 0.15) is 34.8 Å². The minimum Gasteiger partial charge on any atom is -1.00 e. The second kappa shape index (κ2) is 9.82. The predicted molar refractivity (Wildman–Crippen MR) is 127 cm³/mol. The zero-order valence-electron chi connectivity index (χ0n) is 18.1. The van der Waals surface area contributed by atoms with E-state index in [0.717, 1.165) is 25.2 Å². The molecule has 0 radical (unpaired) electrons. The Labute approximate surface area is 187 Å². The maximum absolute atomic E-state index is 6.16. The lowest BCUT2D eigenvalue weighted by molar-refractivity contribution is -0.00000688. The summed E-state index contributed by atoms with van der Waals surface area (Å²) < 4.78 is 6.16. The Balaban J connectivity index is 0.00000256. The normalized spacial score (nSPS) is 15.4. The molecule has 0 spiro atoms. The van der Waals surface area contributed by atoms with Crippen LogP contribution in [0, 0.1) is 20.8 Å². The molecule has 4 rings (SSSR count). The Kier molecular flexibility index (Phi) is 7.40. The van der Waals surface area contributed by atoms with Crippen LogP contribution >= 0.6 is 7.26 Å². The first kappa shape index (κ1) is 22.6. The average Bonchev–Trinajstić information content (AvgIpc) is 2.75. The van der Waals surface area contributed by atoms with Crippen LogP contribution in [0.25, 0.3) is 0 Å². The monoisotopic (exact) mass is 436 g/mol. The first-order chi connectivity index (χ1) is 14.1. The fourth-order valence-corrected chi connectivity index (χ4v) is 7.84. The van der Waals surface area contributed by atoms with Crippen LogP contribution in [0.5, 0.6) is 0 Å². The van der Waals surface area contributed by atoms with Crippen molar-refractivity contribution in [2.75, 3.05) is 6.61 Å². The van der Waals surface area contributed by atoms with Crippen molar-refractivity contribution < 1.29 is 17.1 Å². The van der Waals surface area contributed by atoms with E-state index in [2.05, 4.69) is 99.4 Å². The van der Waals surface area contributed by atoms with Crippen molar-refractivity contribution in [1.82, 2.24) is 0 Å². The zero-order chi connectivity index (χ0) is 20.3. The highest BCUT2D eigenvalue weighted by Gasteiger charge is 2.44. The maximum atomic E-state index is 6.16. The molecule has 3 aromatic rings. The topological polar surface area (TPSA) is 9.23 Å². The van der Waals surface area contributed by atoms with Crippen LogP contribution in [0.4, 0.5) is 0 Å². The summed E-state index contributed by atoms with van der Waals surface area (Å²) in [7, 11) is -1.97. The highest BCUT2D eigenvalue weighted by molar-refractivity contribution is 7.98. The Hall–Kier alpha value is -2.08. The van der Waals surface area contributed by atoms with Gasteiger partial charge in [0.25, 0.3) is 0 Å². The third kappa shape index (κ3) is 4.64. The quantitative estimate of drug-likeness (QED) is 0.571. The van der Waals surface area contributed by atoms with E-state index in [-0.39, 0.29) is 12.4 Å². The molecule has 0 atom stereocenters. The van der Waals surface area contributed by atoms with Gasteiger partial charge in [0.15, 0.2) is 0 Å². The summed E-state index contributed by atoms with van der Waals surface area (Å²) in [6.45, 7) is 7.31. The van der Waals surface area contributed by atoms with Gasteiger partial charge < -0.3 is 17.1 Å². The van der Waals surface area contributed by atoms with Gasteiger partial charge in [-0.3, -0.25) is 0 Å². The molecule has 1 nitrogen and oxygen atoms in total. The molecule has 1 heterocycles. The average molecular weight is 437 g/mol. The second-order valence-corrected chi connectivity index (χ2v) is 11.4. The van der Waals surface area contributed by atoms with Gasteiger partial charge in [0.2, 0.25) is 0 Å². The molecular weight excluding hydrogens is 407 g/mol. The first-order valence-electron chi connectivity index (χ1n) is 10.5. The van der Waals surface area contributed by atoms with Crippen LogP contribution < -0.4 is 28.3 Å². The molecule has 156 valence electrons. The minimum atomic E-state index is -1.97. The molecular formula is C27H30ClOP. The van der Waals surface area contributed by atoms with Crippen LogP contribution in [0.15, 0.2) is 84.4 Å². The zero-order valence-corrected chi connectivity index (χ0v) is 19.7. The summed E-state index contributed by atoms with van der Waals surface area (Å²) in [6, 6.07) is 27.4. The molecule has 0 unspecified atom stereocenters. The summed E-state index contributed by atoms with van der Waals surface area (Å²) in [6.07, 6.45) is 3.40. The van der Waals surface area contributed by atoms with E-state index in [1.165, 1.54) is 39.0 Å². The summed E-state index contributed by atoms with van der Waals surface area (Å²) in [5.41, 5.74) is 3.88. The predicted octanol–water partition coefficient (Wildman–Crippen LogP) is 2.95. The van der Waals surface area contributed by atoms with Crippen LogP contribution in [-0.2, 0) is 4.74 Å². The van der Waals surface area contributed by atoms with Crippen LogP contribution in [0.1, 0.15) is 36.0 Å². The third-order valence-electron chi connectivity index (χ3n) is 5.77. The lowest BCUT2D eigenvalue weighted by atomic mass is 10.2. The van der Waals surface area contributed by atoms with Crippen molar-refractivity contribution in [3.63, 3.8) is 0 Å². The highest BCUT2D eigenvalue weighted by atomic mass is 35.5. The SMILES string of the molecule is Cc1ccc([P+](C=C2CCCCO2)(c2ccc(C)cc2)c2ccc(C)cc2)cc1.[Cl-]. The van der Waals surface area contributed by atoms with Crippen molar-refractivity contribution in [2.45, 2.75) is 40.0 Å². The van der Waals surface area contributed by atoms with Crippen molar-refractivity contribution in [3.8, 4) is 0 Å². The van der Waals surface area contributed by atoms with Crippen molar-refractivity contribution in [3.05, 3.63) is 101 Å². The van der Waals surface area contributed by atoms with Crippen molar-refractivity contribution >= 4 is 23.2 Å². The highest BCUT2D eigenvalue weighted by Crippen LogP contribution is 2.58. The van der Waals surface area contributed by atoms with Crippen LogP contribution in [-0.4, -0.2) is 6.61 Å². The first-order valence-corrected chi connectivity index (χ1v) is 12.4. The van der Waals surface area contributed by atoms with E-state index in [1.807, 2.05) is 0 Å². The Morgan fingerprint density at radius 3 is 1.37 bits per heavy atom. The van der Waals surface area contributed by atoms with Crippen LogP contribution in [0.3, 0.4) is 0 Å². The van der Waals surface area contributed by atoms with Crippen molar-refractivity contribution in [1.29, 1.82) is 0 Å². The van der Waals surface area contributed by atoms with Gasteiger partial charge in [-0.2, -0.15) is 0 Å². The molecule has 0 saturated carbocycles. The molecule has 0 aromatic heterocycles. The van der Waals surface area contributed by atoms with Gasteiger partial charge in [-0.1, -0.05) is 53.1 Å². The van der Waals surface area contributed by atoms with Gasteiger partial charge >= 0.3 is 0 Å². The lowest BCUT2D eigenvalue weighted by Crippen LogP contribution is -3.00. The van der Waals surface area contributed by atoms with Gasteiger partial charge in [-0.15, -0.1) is 0 Å². The van der Waals surface area contributed by atoms with E-state index in [4.69, 9.17) is 4.74 Å². The molecule has 1 aliphatic rings. The van der Waals surface area contributed by atoms with E-state index >= 15 is 0 Å². The Morgan fingerprint density at radius 2 is 1.03 bits per heavy atom. The fraction of sp³-hybridized carbons (Fsp3) is 0.259. The molecule has 0 amide bonds. The molecule has 1 saturated heterocycles. The number of benzene rings is 3. The summed E-state index contributed by atoms with van der Waals surface area (Å²) >= 11 is 0. The van der Waals surface area contributed by atoms with Crippen LogP contribution in [0.2, 0.25) is 0 Å². The summed E-state index contributed by atoms with van der Waals surface area (Å²) in [4.78, 5) is 0. The summed E-state index contributed by atoms with van der Waals surface area (Å²) in [5.74, 6) is 3.65. The third-order valence-corrected chi connectivity index (χ3v) is 9.78. The van der Waals surface area contributed by atoms with Crippen molar-refractivity contribution in [2.24, 2.45) is 0 Å². The Morgan fingerprint density at radius 1 is 0.633 bits per heavy atom. The number of aryl methyl sites for hydroxylation is 3. The minimum absolute atomic E-state index is 0. The van der Waals surface area contributed by atoms with Gasteiger partial charge in [0, 0.05) is 6.42 Å². The Bertz CT molecular complexity index is 870. The number of halogens is 1. The maximum Gasteiger partial charge on any atom is 0.140 e. The molecule has 1 fully saturated rings. The number of rotatable bonds is 4. The van der Waals surface area contributed by atoms with E-state index in [0.29, 0.717) is 0 Å². The van der Waals surface area contributed by atoms with Gasteiger partial charge in [0.05, 0.1) is 6.61 Å². The largest absolute Gasteiger partial charge is 1.00 e. The second-order valence-electron chi connectivity index (χ2n) is 8.13. The van der Waals surface area contributed by atoms with Gasteiger partial charge in [-0.25, -0.2) is 0 Å². The summed E-state index contributed by atoms with van der Waals surface area (Å²) in [5, 5.41) is 4.16. The molecule has 0 bridgehead atoms. The number of allylic oxidation sites excluding steroid dienone is 1. The van der Waals surface area contributed by atoms with Gasteiger partial charge in [-0.05, 0) is 70.0 Å². The number of hydrogen-bond donors (Lipinski definition) is 0.